The number of phenolic OH excluding ortho intramolecular Hbond substituents is 1. The molecule has 70 valence electrons. The molecule has 3 N–H and O–H groups in total. The van der Waals surface area contributed by atoms with Crippen LogP contribution in [0.25, 0.3) is 0 Å². The van der Waals surface area contributed by atoms with Crippen LogP contribution in [-0.4, -0.2) is 28.4 Å². The largest absolute Gasteiger partial charge is 0.507 e. The number of carboxylic acid groups (broad SMARTS) is 1. The molecule has 0 bridgehead atoms. The number of carboxylic acids is 1. The minimum Gasteiger partial charge on any atom is -0.507 e. The lowest BCUT2D eigenvalue weighted by atomic mass is 10.2. The Morgan fingerprint density at radius 3 is 2.38 bits per heavy atom. The fourth-order valence-electron chi connectivity index (χ4n) is 0.892. The monoisotopic (exact) mass is 184 g/mol. The quantitative estimate of drug-likeness (QED) is 0.592. The number of rotatable bonds is 2. The molecule has 0 saturated carbocycles. The molecule has 1 aromatic rings. The van der Waals surface area contributed by atoms with Crippen LogP contribution in [0.5, 0.6) is 17.2 Å². The summed E-state index contributed by atoms with van der Waals surface area (Å²) in [6.07, 6.45) is 0. The summed E-state index contributed by atoms with van der Waals surface area (Å²) in [5.74, 6) is -2.04. The van der Waals surface area contributed by atoms with Gasteiger partial charge >= 0.3 is 5.97 Å². The topological polar surface area (TPSA) is 87.0 Å². The third-order valence-corrected chi connectivity index (χ3v) is 1.53. The zero-order valence-electron chi connectivity index (χ0n) is 6.81. The summed E-state index contributed by atoms with van der Waals surface area (Å²) in [4.78, 5) is 10.5. The molecule has 0 saturated heterocycles. The van der Waals surface area contributed by atoms with E-state index in [2.05, 4.69) is 4.74 Å². The normalized spacial score (nSPS) is 9.62. The lowest BCUT2D eigenvalue weighted by Gasteiger charge is -2.05. The molecule has 0 radical (unpaired) electrons. The molecule has 0 aromatic heterocycles. The van der Waals surface area contributed by atoms with Gasteiger partial charge in [0.05, 0.1) is 7.11 Å². The Morgan fingerprint density at radius 1 is 1.31 bits per heavy atom. The average Bonchev–Trinajstić information content (AvgIpc) is 2.07. The van der Waals surface area contributed by atoms with Gasteiger partial charge in [-0.1, -0.05) is 0 Å². The molecule has 13 heavy (non-hydrogen) atoms. The highest BCUT2D eigenvalue weighted by atomic mass is 16.5. The van der Waals surface area contributed by atoms with Crippen LogP contribution < -0.4 is 4.74 Å². The predicted molar refractivity (Wildman–Crippen MR) is 43.3 cm³/mol. The lowest BCUT2D eigenvalue weighted by molar-refractivity contribution is 0.0693. The molecule has 0 amide bonds. The van der Waals surface area contributed by atoms with E-state index in [-0.39, 0.29) is 17.1 Å². The van der Waals surface area contributed by atoms with Crippen LogP contribution in [0.4, 0.5) is 0 Å². The second kappa shape index (κ2) is 3.22. The molecule has 0 aliphatic heterocycles. The summed E-state index contributed by atoms with van der Waals surface area (Å²) in [7, 11) is 1.30. The maximum Gasteiger partial charge on any atom is 0.339 e. The molecule has 5 nitrogen and oxygen atoms in total. The van der Waals surface area contributed by atoms with Crippen LogP contribution in [0.3, 0.4) is 0 Å². The van der Waals surface area contributed by atoms with Crippen LogP contribution in [0.1, 0.15) is 10.4 Å². The minimum absolute atomic E-state index is 0.0301. The summed E-state index contributed by atoms with van der Waals surface area (Å²) in [5.41, 5.74) is -0.363. The Morgan fingerprint density at radius 2 is 1.92 bits per heavy atom. The Bertz CT molecular complexity index is 345. The average molecular weight is 184 g/mol. The molecule has 5 heteroatoms. The maximum absolute atomic E-state index is 10.5. The highest BCUT2D eigenvalue weighted by Crippen LogP contribution is 2.32. The van der Waals surface area contributed by atoms with Gasteiger partial charge in [0.15, 0.2) is 11.5 Å². The van der Waals surface area contributed by atoms with E-state index in [1.54, 1.807) is 0 Å². The highest BCUT2D eigenvalue weighted by molar-refractivity contribution is 5.91. The van der Waals surface area contributed by atoms with Crippen molar-refractivity contribution in [1.82, 2.24) is 0 Å². The number of aromatic carboxylic acids is 1. The Kier molecular flexibility index (Phi) is 2.27. The summed E-state index contributed by atoms with van der Waals surface area (Å²) in [6, 6.07) is 1.97. The minimum atomic E-state index is -1.31. The van der Waals surface area contributed by atoms with Crippen LogP contribution in [0, 0.1) is 0 Å². The molecule has 0 atom stereocenters. The highest BCUT2D eigenvalue weighted by Gasteiger charge is 2.13. The van der Waals surface area contributed by atoms with E-state index in [0.717, 1.165) is 12.1 Å². The van der Waals surface area contributed by atoms with E-state index in [1.165, 1.54) is 7.11 Å². The van der Waals surface area contributed by atoms with Crippen molar-refractivity contribution in [3.05, 3.63) is 17.7 Å². The van der Waals surface area contributed by atoms with Crippen molar-refractivity contribution in [3.63, 3.8) is 0 Å². The first kappa shape index (κ1) is 9.18. The molecule has 0 aliphatic carbocycles. The lowest BCUT2D eigenvalue weighted by Crippen LogP contribution is -1.97. The van der Waals surface area contributed by atoms with Crippen LogP contribution in [0.15, 0.2) is 12.1 Å². The van der Waals surface area contributed by atoms with Crippen molar-refractivity contribution < 1.29 is 24.9 Å². The van der Waals surface area contributed by atoms with E-state index >= 15 is 0 Å². The molecule has 0 spiro atoms. The standard InChI is InChI=1S/C8H8O5/c1-13-7-3-5(9)4(8(11)12)2-6(7)10/h2-3,9-10H,1H3,(H,11,12). The first-order chi connectivity index (χ1) is 6.06. The van der Waals surface area contributed by atoms with Crippen molar-refractivity contribution in [3.8, 4) is 17.2 Å². The number of phenols is 2. The second-order valence-electron chi connectivity index (χ2n) is 2.35. The van der Waals surface area contributed by atoms with Gasteiger partial charge in [-0.3, -0.25) is 0 Å². The summed E-state index contributed by atoms with van der Waals surface area (Å²) < 4.78 is 4.66. The van der Waals surface area contributed by atoms with Gasteiger partial charge in [0.25, 0.3) is 0 Å². The number of carbonyl (C=O) groups is 1. The molecule has 0 fully saturated rings. The van der Waals surface area contributed by atoms with Gasteiger partial charge < -0.3 is 20.1 Å². The van der Waals surface area contributed by atoms with E-state index in [9.17, 15) is 4.79 Å². The van der Waals surface area contributed by atoms with Gasteiger partial charge in [-0.2, -0.15) is 0 Å². The summed E-state index contributed by atoms with van der Waals surface area (Å²) >= 11 is 0. The van der Waals surface area contributed by atoms with Crippen molar-refractivity contribution in [2.24, 2.45) is 0 Å². The molecule has 0 unspecified atom stereocenters. The van der Waals surface area contributed by atoms with Crippen molar-refractivity contribution in [1.29, 1.82) is 0 Å². The molecule has 1 aromatic carbocycles. The number of hydrogen-bond acceptors (Lipinski definition) is 4. The maximum atomic E-state index is 10.5. The fourth-order valence-corrected chi connectivity index (χ4v) is 0.892. The first-order valence-corrected chi connectivity index (χ1v) is 3.39. The zero-order chi connectivity index (χ0) is 10.0. The first-order valence-electron chi connectivity index (χ1n) is 3.39. The molecule has 1 rings (SSSR count). The van der Waals surface area contributed by atoms with Gasteiger partial charge in [-0.25, -0.2) is 4.79 Å². The number of aromatic hydroxyl groups is 2. The predicted octanol–water partition coefficient (Wildman–Crippen LogP) is 0.805. The van der Waals surface area contributed by atoms with Crippen molar-refractivity contribution >= 4 is 5.97 Å². The number of benzene rings is 1. The van der Waals surface area contributed by atoms with E-state index < -0.39 is 11.7 Å². The smallest absolute Gasteiger partial charge is 0.339 e. The van der Waals surface area contributed by atoms with Crippen LogP contribution in [-0.2, 0) is 0 Å². The van der Waals surface area contributed by atoms with Gasteiger partial charge in [0.2, 0.25) is 0 Å². The van der Waals surface area contributed by atoms with Gasteiger partial charge in [0, 0.05) is 12.1 Å². The second-order valence-corrected chi connectivity index (χ2v) is 2.35. The van der Waals surface area contributed by atoms with Crippen molar-refractivity contribution in [2.45, 2.75) is 0 Å². The Balaban J connectivity index is 3.28. The SMILES string of the molecule is COc1cc(O)c(C(=O)O)cc1O. The summed E-state index contributed by atoms with van der Waals surface area (Å²) in [5, 5.41) is 26.9. The summed E-state index contributed by atoms with van der Waals surface area (Å²) in [6.45, 7) is 0. The number of hydrogen-bond donors (Lipinski definition) is 3. The van der Waals surface area contributed by atoms with Crippen LogP contribution >= 0.6 is 0 Å². The molecular formula is C8H8O5. The third-order valence-electron chi connectivity index (χ3n) is 1.53. The number of ether oxygens (including phenoxy) is 1. The zero-order valence-corrected chi connectivity index (χ0v) is 6.81. The van der Waals surface area contributed by atoms with Gasteiger partial charge in [0.1, 0.15) is 11.3 Å². The molecule has 0 heterocycles. The van der Waals surface area contributed by atoms with Gasteiger partial charge in [-0.15, -0.1) is 0 Å². The van der Waals surface area contributed by atoms with Crippen LogP contribution in [0.2, 0.25) is 0 Å². The van der Waals surface area contributed by atoms with E-state index in [0.29, 0.717) is 0 Å². The molecular weight excluding hydrogens is 176 g/mol. The van der Waals surface area contributed by atoms with E-state index in [1.807, 2.05) is 0 Å². The van der Waals surface area contributed by atoms with Crippen molar-refractivity contribution in [2.75, 3.05) is 7.11 Å². The van der Waals surface area contributed by atoms with Gasteiger partial charge in [-0.05, 0) is 0 Å². The number of methoxy groups -OCH3 is 1. The third kappa shape index (κ3) is 1.64. The fraction of sp³-hybridized carbons (Fsp3) is 0.125. The molecule has 0 aliphatic rings. The Labute approximate surface area is 73.8 Å². The van der Waals surface area contributed by atoms with E-state index in [4.69, 9.17) is 15.3 Å². The Hall–Kier alpha value is -1.91.